The Kier molecular flexibility index (Phi) is 5.68. The van der Waals surface area contributed by atoms with E-state index >= 15 is 0 Å². The van der Waals surface area contributed by atoms with Gasteiger partial charge in [-0.1, -0.05) is 30.3 Å². The maximum atomic E-state index is 12.8. The number of amides is 1. The van der Waals surface area contributed by atoms with Crippen LogP contribution in [0.1, 0.15) is 33.9 Å². The van der Waals surface area contributed by atoms with Crippen LogP contribution in [-0.4, -0.2) is 32.6 Å². The molecule has 0 aliphatic rings. The number of aromatic nitrogens is 3. The highest BCUT2D eigenvalue weighted by atomic mass is 32.1. The van der Waals surface area contributed by atoms with Gasteiger partial charge in [-0.05, 0) is 44.5 Å². The van der Waals surface area contributed by atoms with Crippen LogP contribution in [0.3, 0.4) is 0 Å². The van der Waals surface area contributed by atoms with E-state index in [1.165, 1.54) is 10.3 Å². The van der Waals surface area contributed by atoms with Gasteiger partial charge in [0.15, 0.2) is 0 Å². The van der Waals surface area contributed by atoms with Crippen LogP contribution >= 0.6 is 11.3 Å². The van der Waals surface area contributed by atoms with Crippen molar-refractivity contribution < 1.29 is 4.79 Å². The third-order valence-electron chi connectivity index (χ3n) is 5.50. The second-order valence-electron chi connectivity index (χ2n) is 7.67. The molecule has 0 bridgehead atoms. The summed E-state index contributed by atoms with van der Waals surface area (Å²) < 4.78 is 3.16. The standard InChI is InChI=1S/C24H26N4OS/c1-16-9-5-7-11-21(16)28-18(3)19(17(2)26-28)15-27(4)24(29)14-13-23-25-20-10-6-8-12-22(20)30-23/h5-12H,13-15H2,1-4H3. The second kappa shape index (κ2) is 8.40. The van der Waals surface area contributed by atoms with Crippen LogP contribution in [0.15, 0.2) is 48.5 Å². The number of carbonyl (C=O) groups is 1. The molecule has 0 radical (unpaired) electrons. The Balaban J connectivity index is 1.45. The average molecular weight is 419 g/mol. The van der Waals surface area contributed by atoms with Crippen LogP contribution in [-0.2, 0) is 17.8 Å². The summed E-state index contributed by atoms with van der Waals surface area (Å²) in [6.45, 7) is 6.73. The van der Waals surface area contributed by atoms with E-state index < -0.39 is 0 Å². The molecule has 4 aromatic rings. The van der Waals surface area contributed by atoms with E-state index in [9.17, 15) is 4.79 Å². The van der Waals surface area contributed by atoms with Crippen molar-refractivity contribution in [2.24, 2.45) is 0 Å². The number of hydrogen-bond donors (Lipinski definition) is 0. The maximum Gasteiger partial charge on any atom is 0.223 e. The number of aryl methyl sites for hydroxylation is 3. The second-order valence-corrected chi connectivity index (χ2v) is 8.79. The summed E-state index contributed by atoms with van der Waals surface area (Å²) in [7, 11) is 1.87. The van der Waals surface area contributed by atoms with E-state index in [0.717, 1.165) is 33.2 Å². The van der Waals surface area contributed by atoms with Crippen molar-refractivity contribution in [1.82, 2.24) is 19.7 Å². The molecule has 0 atom stereocenters. The highest BCUT2D eigenvalue weighted by Crippen LogP contribution is 2.24. The minimum atomic E-state index is 0.122. The molecule has 2 heterocycles. The molecule has 0 unspecified atom stereocenters. The van der Waals surface area contributed by atoms with Crippen molar-refractivity contribution in [2.45, 2.75) is 40.2 Å². The van der Waals surface area contributed by atoms with Gasteiger partial charge < -0.3 is 4.90 Å². The number of thiazole rings is 1. The molecule has 0 aliphatic carbocycles. The average Bonchev–Trinajstić information content (AvgIpc) is 3.28. The zero-order valence-corrected chi connectivity index (χ0v) is 18.7. The molecule has 0 aliphatic heterocycles. The predicted octanol–water partition coefficient (Wildman–Crippen LogP) is 5.00. The van der Waals surface area contributed by atoms with Crippen LogP contribution in [0, 0.1) is 20.8 Å². The van der Waals surface area contributed by atoms with Gasteiger partial charge in [-0.2, -0.15) is 5.10 Å². The molecular weight excluding hydrogens is 392 g/mol. The normalized spacial score (nSPS) is 11.2. The van der Waals surface area contributed by atoms with Crippen molar-refractivity contribution in [2.75, 3.05) is 7.05 Å². The zero-order chi connectivity index (χ0) is 21.3. The molecule has 2 aromatic heterocycles. The van der Waals surface area contributed by atoms with Crippen LogP contribution in [0.25, 0.3) is 15.9 Å². The fourth-order valence-electron chi connectivity index (χ4n) is 3.70. The molecule has 6 heteroatoms. The lowest BCUT2D eigenvalue weighted by Crippen LogP contribution is -2.26. The Morgan fingerprint density at radius 1 is 1.07 bits per heavy atom. The van der Waals surface area contributed by atoms with Gasteiger partial charge in [-0.25, -0.2) is 9.67 Å². The first-order chi connectivity index (χ1) is 14.4. The largest absolute Gasteiger partial charge is 0.341 e. The molecule has 30 heavy (non-hydrogen) atoms. The lowest BCUT2D eigenvalue weighted by Gasteiger charge is -2.17. The Bertz CT molecular complexity index is 1170. The number of nitrogens with zero attached hydrogens (tertiary/aromatic N) is 4. The lowest BCUT2D eigenvalue weighted by atomic mass is 10.1. The minimum absolute atomic E-state index is 0.122. The van der Waals surface area contributed by atoms with Crippen molar-refractivity contribution in [1.29, 1.82) is 0 Å². The number of carbonyl (C=O) groups excluding carboxylic acids is 1. The lowest BCUT2D eigenvalue weighted by molar-refractivity contribution is -0.130. The van der Waals surface area contributed by atoms with E-state index in [1.54, 1.807) is 16.2 Å². The molecule has 0 spiro atoms. The third kappa shape index (κ3) is 4.00. The first kappa shape index (κ1) is 20.3. The van der Waals surface area contributed by atoms with Gasteiger partial charge in [-0.3, -0.25) is 4.79 Å². The van der Waals surface area contributed by atoms with Gasteiger partial charge in [0.1, 0.15) is 0 Å². The summed E-state index contributed by atoms with van der Waals surface area (Å²) in [5.41, 5.74) is 6.40. The van der Waals surface area contributed by atoms with Crippen LogP contribution < -0.4 is 0 Å². The third-order valence-corrected chi connectivity index (χ3v) is 6.59. The van der Waals surface area contributed by atoms with E-state index in [-0.39, 0.29) is 5.91 Å². The summed E-state index contributed by atoms with van der Waals surface area (Å²) in [5.74, 6) is 0.122. The fourth-order valence-corrected chi connectivity index (χ4v) is 4.66. The summed E-state index contributed by atoms with van der Waals surface area (Å²) in [6.07, 6.45) is 1.13. The Hall–Kier alpha value is -2.99. The summed E-state index contributed by atoms with van der Waals surface area (Å²) >= 11 is 1.67. The Labute approximate surface area is 181 Å². The SMILES string of the molecule is Cc1ccccc1-n1nc(C)c(CN(C)C(=O)CCc2nc3ccccc3s2)c1C. The molecule has 2 aromatic carbocycles. The van der Waals surface area contributed by atoms with Crippen LogP contribution in [0.2, 0.25) is 0 Å². The molecule has 5 nitrogen and oxygen atoms in total. The van der Waals surface area contributed by atoms with Gasteiger partial charge in [0.05, 0.1) is 26.6 Å². The number of fused-ring (bicyclic) bond motifs is 1. The van der Waals surface area contributed by atoms with Gasteiger partial charge in [-0.15, -0.1) is 11.3 Å². The molecule has 0 fully saturated rings. The first-order valence-electron chi connectivity index (χ1n) is 10.1. The Morgan fingerprint density at radius 3 is 2.57 bits per heavy atom. The number of para-hydroxylation sites is 2. The topological polar surface area (TPSA) is 51.0 Å². The molecular formula is C24H26N4OS. The monoisotopic (exact) mass is 418 g/mol. The summed E-state index contributed by atoms with van der Waals surface area (Å²) in [5, 5.41) is 5.75. The van der Waals surface area contributed by atoms with E-state index in [1.807, 2.05) is 49.0 Å². The van der Waals surface area contributed by atoms with E-state index in [2.05, 4.69) is 37.0 Å². The van der Waals surface area contributed by atoms with Crippen molar-refractivity contribution in [3.8, 4) is 5.69 Å². The predicted molar refractivity (Wildman–Crippen MR) is 122 cm³/mol. The molecule has 0 N–H and O–H groups in total. The Morgan fingerprint density at radius 2 is 1.80 bits per heavy atom. The quantitative estimate of drug-likeness (QED) is 0.443. The van der Waals surface area contributed by atoms with Crippen molar-refractivity contribution in [3.05, 3.63) is 76.1 Å². The first-order valence-corrected chi connectivity index (χ1v) is 10.9. The molecule has 0 saturated carbocycles. The van der Waals surface area contributed by atoms with Crippen LogP contribution in [0.4, 0.5) is 0 Å². The maximum absolute atomic E-state index is 12.8. The zero-order valence-electron chi connectivity index (χ0n) is 17.8. The van der Waals surface area contributed by atoms with E-state index in [4.69, 9.17) is 5.10 Å². The highest BCUT2D eigenvalue weighted by Gasteiger charge is 2.18. The van der Waals surface area contributed by atoms with Crippen molar-refractivity contribution in [3.63, 3.8) is 0 Å². The fraction of sp³-hybridized carbons (Fsp3) is 0.292. The number of benzene rings is 2. The molecule has 154 valence electrons. The summed E-state index contributed by atoms with van der Waals surface area (Å²) in [6, 6.07) is 16.3. The molecule has 4 rings (SSSR count). The molecule has 0 saturated heterocycles. The van der Waals surface area contributed by atoms with Gasteiger partial charge in [0.2, 0.25) is 5.91 Å². The van der Waals surface area contributed by atoms with Gasteiger partial charge >= 0.3 is 0 Å². The minimum Gasteiger partial charge on any atom is -0.341 e. The summed E-state index contributed by atoms with van der Waals surface area (Å²) in [4.78, 5) is 19.2. The van der Waals surface area contributed by atoms with Crippen LogP contribution in [0.5, 0.6) is 0 Å². The highest BCUT2D eigenvalue weighted by molar-refractivity contribution is 7.18. The molecule has 1 amide bonds. The smallest absolute Gasteiger partial charge is 0.223 e. The van der Waals surface area contributed by atoms with E-state index in [0.29, 0.717) is 19.4 Å². The van der Waals surface area contributed by atoms with Crippen molar-refractivity contribution >= 4 is 27.5 Å². The number of rotatable bonds is 6. The number of hydrogen-bond acceptors (Lipinski definition) is 4. The van der Waals surface area contributed by atoms with Gasteiger partial charge in [0, 0.05) is 37.7 Å². The van der Waals surface area contributed by atoms with Gasteiger partial charge in [0.25, 0.3) is 0 Å².